The Bertz CT molecular complexity index is 550. The summed E-state index contributed by atoms with van der Waals surface area (Å²) in [5.74, 6) is 1.00. The second-order valence-electron chi connectivity index (χ2n) is 3.85. The van der Waals surface area contributed by atoms with Crippen LogP contribution in [0, 0.1) is 6.92 Å². The maximum Gasteiger partial charge on any atom is 0.126 e. The van der Waals surface area contributed by atoms with E-state index >= 15 is 0 Å². The van der Waals surface area contributed by atoms with Crippen molar-refractivity contribution < 1.29 is 9.84 Å². The Labute approximate surface area is 105 Å². The van der Waals surface area contributed by atoms with Crippen LogP contribution in [0.25, 0.3) is 11.1 Å². The highest BCUT2D eigenvalue weighted by atomic mass is 35.5. The molecule has 17 heavy (non-hydrogen) atoms. The summed E-state index contributed by atoms with van der Waals surface area (Å²) in [6, 6.07) is 10.9. The fourth-order valence-corrected chi connectivity index (χ4v) is 1.85. The number of hydrogen-bond donors (Lipinski definition) is 1. The van der Waals surface area contributed by atoms with E-state index in [2.05, 4.69) is 0 Å². The van der Waals surface area contributed by atoms with E-state index < -0.39 is 0 Å². The Morgan fingerprint density at radius 3 is 2.53 bits per heavy atom. The molecule has 2 aromatic carbocycles. The van der Waals surface area contributed by atoms with Gasteiger partial charge in [0, 0.05) is 10.6 Å². The lowest BCUT2D eigenvalue weighted by molar-refractivity contribution is 0.416. The maximum atomic E-state index is 9.72. The van der Waals surface area contributed by atoms with Gasteiger partial charge in [0.05, 0.1) is 7.11 Å². The quantitative estimate of drug-likeness (QED) is 0.870. The summed E-state index contributed by atoms with van der Waals surface area (Å²) in [7, 11) is 1.61. The van der Waals surface area contributed by atoms with Crippen LogP contribution in [0.5, 0.6) is 11.5 Å². The molecule has 0 fully saturated rings. The minimum absolute atomic E-state index is 0.268. The molecule has 0 heterocycles. The third-order valence-corrected chi connectivity index (χ3v) is 2.92. The highest BCUT2D eigenvalue weighted by Crippen LogP contribution is 2.34. The predicted molar refractivity (Wildman–Crippen MR) is 69.8 cm³/mol. The molecule has 0 aromatic heterocycles. The van der Waals surface area contributed by atoms with Gasteiger partial charge < -0.3 is 9.84 Å². The average molecular weight is 249 g/mol. The minimum Gasteiger partial charge on any atom is -0.508 e. The molecule has 0 radical (unpaired) electrons. The normalized spacial score (nSPS) is 10.3. The number of phenolic OH excluding ortho intramolecular Hbond substituents is 1. The van der Waals surface area contributed by atoms with Crippen LogP contribution in [-0.2, 0) is 0 Å². The van der Waals surface area contributed by atoms with Gasteiger partial charge in [-0.05, 0) is 42.3 Å². The average Bonchev–Trinajstić information content (AvgIpc) is 2.32. The molecule has 0 spiro atoms. The second-order valence-corrected chi connectivity index (χ2v) is 4.28. The first-order chi connectivity index (χ1) is 8.11. The van der Waals surface area contributed by atoms with Crippen LogP contribution < -0.4 is 4.74 Å². The van der Waals surface area contributed by atoms with Gasteiger partial charge in [-0.15, -0.1) is 0 Å². The van der Waals surface area contributed by atoms with Crippen LogP contribution in [0.3, 0.4) is 0 Å². The number of aromatic hydroxyl groups is 1. The zero-order valence-corrected chi connectivity index (χ0v) is 10.5. The maximum absolute atomic E-state index is 9.72. The van der Waals surface area contributed by atoms with Gasteiger partial charge in [-0.3, -0.25) is 0 Å². The number of ether oxygens (including phenoxy) is 1. The molecule has 0 aliphatic rings. The van der Waals surface area contributed by atoms with Crippen molar-refractivity contribution in [3.63, 3.8) is 0 Å². The van der Waals surface area contributed by atoms with Gasteiger partial charge in [0.2, 0.25) is 0 Å². The highest BCUT2D eigenvalue weighted by Gasteiger charge is 2.08. The van der Waals surface area contributed by atoms with Crippen molar-refractivity contribution in [3.05, 3.63) is 47.0 Å². The lowest BCUT2D eigenvalue weighted by Gasteiger charge is -2.10. The van der Waals surface area contributed by atoms with E-state index in [9.17, 15) is 5.11 Å². The Morgan fingerprint density at radius 2 is 1.88 bits per heavy atom. The molecule has 2 rings (SSSR count). The van der Waals surface area contributed by atoms with E-state index in [0.717, 1.165) is 22.4 Å². The molecule has 0 amide bonds. The Kier molecular flexibility index (Phi) is 3.25. The molecule has 0 aliphatic heterocycles. The van der Waals surface area contributed by atoms with E-state index in [1.54, 1.807) is 19.2 Å². The van der Waals surface area contributed by atoms with Gasteiger partial charge in [-0.25, -0.2) is 0 Å². The van der Waals surface area contributed by atoms with Crippen molar-refractivity contribution in [2.75, 3.05) is 7.11 Å². The van der Waals surface area contributed by atoms with Crippen LogP contribution in [0.2, 0.25) is 5.02 Å². The number of rotatable bonds is 2. The standard InChI is InChI=1S/C14H13ClO2/c1-9-3-4-10(7-13(9)16)12-8-11(15)5-6-14(12)17-2/h3-8,16H,1-2H3. The molecule has 0 saturated carbocycles. The molecule has 0 saturated heterocycles. The van der Waals surface area contributed by atoms with Crippen molar-refractivity contribution in [1.29, 1.82) is 0 Å². The Morgan fingerprint density at radius 1 is 1.12 bits per heavy atom. The van der Waals surface area contributed by atoms with E-state index in [1.807, 2.05) is 31.2 Å². The first-order valence-electron chi connectivity index (χ1n) is 5.25. The fourth-order valence-electron chi connectivity index (χ4n) is 1.68. The number of hydrogen-bond acceptors (Lipinski definition) is 2. The summed E-state index contributed by atoms with van der Waals surface area (Å²) in [5, 5.41) is 10.4. The summed E-state index contributed by atoms with van der Waals surface area (Å²) < 4.78 is 5.28. The summed E-state index contributed by atoms with van der Waals surface area (Å²) in [4.78, 5) is 0. The molecule has 0 aliphatic carbocycles. The van der Waals surface area contributed by atoms with Gasteiger partial charge in [0.15, 0.2) is 0 Å². The summed E-state index contributed by atoms with van der Waals surface area (Å²) in [6.45, 7) is 1.86. The van der Waals surface area contributed by atoms with Gasteiger partial charge in [-0.2, -0.15) is 0 Å². The third kappa shape index (κ3) is 2.37. The predicted octanol–water partition coefficient (Wildman–Crippen LogP) is 4.03. The molecule has 88 valence electrons. The zero-order chi connectivity index (χ0) is 12.4. The minimum atomic E-state index is 0.268. The number of phenols is 1. The summed E-state index contributed by atoms with van der Waals surface area (Å²) in [6.07, 6.45) is 0. The summed E-state index contributed by atoms with van der Waals surface area (Å²) in [5.41, 5.74) is 2.59. The molecule has 0 atom stereocenters. The van der Waals surface area contributed by atoms with Crippen molar-refractivity contribution in [1.82, 2.24) is 0 Å². The highest BCUT2D eigenvalue weighted by molar-refractivity contribution is 6.31. The first-order valence-corrected chi connectivity index (χ1v) is 5.63. The SMILES string of the molecule is COc1ccc(Cl)cc1-c1ccc(C)c(O)c1. The molecule has 1 N–H and O–H groups in total. The lowest BCUT2D eigenvalue weighted by Crippen LogP contribution is -1.88. The van der Waals surface area contributed by atoms with Crippen LogP contribution in [0.4, 0.5) is 0 Å². The van der Waals surface area contributed by atoms with Crippen molar-refractivity contribution in [2.24, 2.45) is 0 Å². The Balaban J connectivity index is 2.58. The molecule has 3 heteroatoms. The largest absolute Gasteiger partial charge is 0.508 e. The number of halogens is 1. The molecule has 2 nitrogen and oxygen atoms in total. The molecule has 0 bridgehead atoms. The van der Waals surface area contributed by atoms with Crippen molar-refractivity contribution in [3.8, 4) is 22.6 Å². The zero-order valence-electron chi connectivity index (χ0n) is 9.70. The molecular formula is C14H13ClO2. The lowest BCUT2D eigenvalue weighted by atomic mass is 10.0. The molecule has 2 aromatic rings. The Hall–Kier alpha value is -1.67. The number of benzene rings is 2. The first kappa shape index (κ1) is 11.8. The van der Waals surface area contributed by atoms with Crippen LogP contribution in [0.1, 0.15) is 5.56 Å². The van der Waals surface area contributed by atoms with Gasteiger partial charge in [-0.1, -0.05) is 23.7 Å². The van der Waals surface area contributed by atoms with Gasteiger partial charge in [0.1, 0.15) is 11.5 Å². The topological polar surface area (TPSA) is 29.5 Å². The van der Waals surface area contributed by atoms with E-state index in [-0.39, 0.29) is 5.75 Å². The van der Waals surface area contributed by atoms with Crippen molar-refractivity contribution in [2.45, 2.75) is 6.92 Å². The van der Waals surface area contributed by atoms with Crippen LogP contribution in [0.15, 0.2) is 36.4 Å². The van der Waals surface area contributed by atoms with E-state index in [1.165, 1.54) is 0 Å². The summed E-state index contributed by atoms with van der Waals surface area (Å²) >= 11 is 5.98. The second kappa shape index (κ2) is 4.68. The monoisotopic (exact) mass is 248 g/mol. The van der Waals surface area contributed by atoms with Crippen LogP contribution >= 0.6 is 11.6 Å². The fraction of sp³-hybridized carbons (Fsp3) is 0.143. The third-order valence-electron chi connectivity index (χ3n) is 2.68. The number of aryl methyl sites for hydroxylation is 1. The van der Waals surface area contributed by atoms with Crippen molar-refractivity contribution >= 4 is 11.6 Å². The molecular weight excluding hydrogens is 236 g/mol. The smallest absolute Gasteiger partial charge is 0.126 e. The van der Waals surface area contributed by atoms with E-state index in [0.29, 0.717) is 5.02 Å². The number of methoxy groups -OCH3 is 1. The molecule has 0 unspecified atom stereocenters. The van der Waals surface area contributed by atoms with Crippen LogP contribution in [-0.4, -0.2) is 12.2 Å². The van der Waals surface area contributed by atoms with E-state index in [4.69, 9.17) is 16.3 Å². The van der Waals surface area contributed by atoms with Gasteiger partial charge in [0.25, 0.3) is 0 Å². The van der Waals surface area contributed by atoms with Gasteiger partial charge >= 0.3 is 0 Å².